The first-order chi connectivity index (χ1) is 7.85. The lowest BCUT2D eigenvalue weighted by atomic mass is 10.3. The number of nitrogens with zero attached hydrogens (tertiary/aromatic N) is 1. The molecule has 0 aliphatic carbocycles. The van der Waals surface area contributed by atoms with Crippen LogP contribution in [0.3, 0.4) is 0 Å². The van der Waals surface area contributed by atoms with E-state index in [1.165, 1.54) is 11.5 Å². The van der Waals surface area contributed by atoms with Gasteiger partial charge in [0.2, 0.25) is 5.91 Å². The molecular weight excluding hydrogens is 260 g/mol. The molecule has 0 aliphatic rings. The van der Waals surface area contributed by atoms with Gasteiger partial charge in [-0.15, -0.1) is 0 Å². The second kappa shape index (κ2) is 5.42. The predicted octanol–water partition coefficient (Wildman–Crippen LogP) is 1.65. The van der Waals surface area contributed by atoms with E-state index in [4.69, 9.17) is 0 Å². The first-order valence-corrected chi connectivity index (χ1v) is 7.42. The van der Waals surface area contributed by atoms with Crippen LogP contribution in [-0.2, 0) is 14.6 Å². The number of nitrogens with one attached hydrogen (secondary N) is 1. The molecule has 0 saturated carbocycles. The monoisotopic (exact) mass is 274 g/mol. The largest absolute Gasteiger partial charge is 0.324 e. The summed E-state index contributed by atoms with van der Waals surface area (Å²) in [5, 5.41) is 3.53. The molecule has 0 spiro atoms. The SMILES string of the molecule is C=CS(=O)(=O)CCC(=O)Nc1c(C)nsc1C. The average molecular weight is 274 g/mol. The number of aromatic nitrogens is 1. The van der Waals surface area contributed by atoms with E-state index in [2.05, 4.69) is 16.3 Å². The summed E-state index contributed by atoms with van der Waals surface area (Å²) in [6.45, 7) is 6.83. The van der Waals surface area contributed by atoms with E-state index in [0.29, 0.717) is 5.69 Å². The third kappa shape index (κ3) is 3.94. The fraction of sp³-hybridized carbons (Fsp3) is 0.400. The molecule has 1 amide bonds. The molecule has 94 valence electrons. The smallest absolute Gasteiger partial charge is 0.225 e. The molecule has 1 aromatic heterocycles. The lowest BCUT2D eigenvalue weighted by Crippen LogP contribution is -2.16. The lowest BCUT2D eigenvalue weighted by molar-refractivity contribution is -0.115. The number of sulfone groups is 1. The average Bonchev–Trinajstić information content (AvgIpc) is 2.58. The number of carbonyl (C=O) groups excluding carboxylic acids is 1. The Morgan fingerprint density at radius 2 is 2.18 bits per heavy atom. The van der Waals surface area contributed by atoms with Gasteiger partial charge in [-0.1, -0.05) is 6.58 Å². The van der Waals surface area contributed by atoms with Gasteiger partial charge in [0, 0.05) is 16.7 Å². The van der Waals surface area contributed by atoms with Gasteiger partial charge in [0.15, 0.2) is 9.84 Å². The van der Waals surface area contributed by atoms with Crippen LogP contribution < -0.4 is 5.32 Å². The molecule has 0 radical (unpaired) electrons. The van der Waals surface area contributed by atoms with Crippen molar-refractivity contribution in [2.45, 2.75) is 20.3 Å². The highest BCUT2D eigenvalue weighted by Crippen LogP contribution is 2.22. The summed E-state index contributed by atoms with van der Waals surface area (Å²) in [5.41, 5.74) is 1.42. The van der Waals surface area contributed by atoms with Crippen LogP contribution in [0.5, 0.6) is 0 Å². The van der Waals surface area contributed by atoms with Crippen molar-refractivity contribution in [1.29, 1.82) is 0 Å². The van der Waals surface area contributed by atoms with Gasteiger partial charge in [-0.25, -0.2) is 8.42 Å². The Morgan fingerprint density at radius 1 is 1.53 bits per heavy atom. The van der Waals surface area contributed by atoms with Crippen LogP contribution in [0.15, 0.2) is 12.0 Å². The molecule has 0 aliphatic heterocycles. The molecule has 5 nitrogen and oxygen atoms in total. The van der Waals surface area contributed by atoms with Gasteiger partial charge in [-0.3, -0.25) is 4.79 Å². The zero-order valence-electron chi connectivity index (χ0n) is 9.69. The van der Waals surface area contributed by atoms with E-state index in [1.807, 2.05) is 6.92 Å². The Hall–Kier alpha value is -1.21. The third-order valence-electron chi connectivity index (χ3n) is 2.17. The van der Waals surface area contributed by atoms with Gasteiger partial charge in [0.05, 0.1) is 17.1 Å². The number of rotatable bonds is 5. The molecule has 1 heterocycles. The summed E-state index contributed by atoms with van der Waals surface area (Å²) in [5.74, 6) is -0.556. The number of amides is 1. The number of carbonyl (C=O) groups is 1. The van der Waals surface area contributed by atoms with Gasteiger partial charge in [-0.05, 0) is 25.4 Å². The molecule has 0 bridgehead atoms. The van der Waals surface area contributed by atoms with Crippen molar-refractivity contribution in [3.8, 4) is 0 Å². The molecule has 1 rings (SSSR count). The molecule has 0 aromatic carbocycles. The van der Waals surface area contributed by atoms with E-state index in [9.17, 15) is 13.2 Å². The summed E-state index contributed by atoms with van der Waals surface area (Å²) in [7, 11) is -3.32. The lowest BCUT2D eigenvalue weighted by Gasteiger charge is -2.04. The van der Waals surface area contributed by atoms with Gasteiger partial charge in [0.1, 0.15) is 0 Å². The van der Waals surface area contributed by atoms with E-state index < -0.39 is 9.84 Å². The van der Waals surface area contributed by atoms with Crippen LogP contribution in [0.25, 0.3) is 0 Å². The van der Waals surface area contributed by atoms with E-state index in [1.54, 1.807) is 6.92 Å². The van der Waals surface area contributed by atoms with Crippen molar-refractivity contribution in [2.75, 3.05) is 11.1 Å². The second-order valence-corrected chi connectivity index (χ2v) is 6.58. The summed E-state index contributed by atoms with van der Waals surface area (Å²) in [6, 6.07) is 0. The predicted molar refractivity (Wildman–Crippen MR) is 68.8 cm³/mol. The van der Waals surface area contributed by atoms with Crippen molar-refractivity contribution in [3.63, 3.8) is 0 Å². The maximum absolute atomic E-state index is 11.5. The molecule has 0 saturated heterocycles. The first-order valence-electron chi connectivity index (χ1n) is 4.93. The molecule has 0 unspecified atom stereocenters. The highest BCUT2D eigenvalue weighted by Gasteiger charge is 2.13. The minimum absolute atomic E-state index is 0.0803. The Morgan fingerprint density at radius 3 is 2.65 bits per heavy atom. The van der Waals surface area contributed by atoms with Gasteiger partial charge >= 0.3 is 0 Å². The fourth-order valence-corrected chi connectivity index (χ4v) is 2.47. The second-order valence-electron chi connectivity index (χ2n) is 3.53. The van der Waals surface area contributed by atoms with Crippen molar-refractivity contribution in [1.82, 2.24) is 4.37 Å². The number of hydrogen-bond acceptors (Lipinski definition) is 5. The Kier molecular flexibility index (Phi) is 4.41. The maximum Gasteiger partial charge on any atom is 0.225 e. The first kappa shape index (κ1) is 13.9. The van der Waals surface area contributed by atoms with E-state index in [-0.39, 0.29) is 18.1 Å². The topological polar surface area (TPSA) is 76.1 Å². The number of aryl methyl sites for hydroxylation is 2. The zero-order valence-corrected chi connectivity index (χ0v) is 11.3. The minimum atomic E-state index is -3.32. The summed E-state index contributed by atoms with van der Waals surface area (Å²) in [6.07, 6.45) is -0.0803. The Balaban J connectivity index is 2.60. The highest BCUT2D eigenvalue weighted by atomic mass is 32.2. The van der Waals surface area contributed by atoms with Crippen LogP contribution in [0.1, 0.15) is 17.0 Å². The van der Waals surface area contributed by atoms with Gasteiger partial charge < -0.3 is 5.32 Å². The molecule has 1 aromatic rings. The number of anilines is 1. The minimum Gasteiger partial charge on any atom is -0.324 e. The molecule has 0 atom stereocenters. The van der Waals surface area contributed by atoms with Crippen LogP contribution in [0, 0.1) is 13.8 Å². The Labute approximate surface area is 105 Å². The summed E-state index contributed by atoms with van der Waals surface area (Å²) < 4.78 is 26.4. The molecule has 1 N–H and O–H groups in total. The van der Waals surface area contributed by atoms with Crippen molar-refractivity contribution in [2.24, 2.45) is 0 Å². The zero-order chi connectivity index (χ0) is 13.1. The van der Waals surface area contributed by atoms with Crippen LogP contribution >= 0.6 is 11.5 Å². The van der Waals surface area contributed by atoms with Crippen LogP contribution in [-0.4, -0.2) is 24.5 Å². The van der Waals surface area contributed by atoms with E-state index >= 15 is 0 Å². The molecule has 7 heteroatoms. The fourth-order valence-electron chi connectivity index (χ4n) is 1.18. The van der Waals surface area contributed by atoms with Crippen molar-refractivity contribution in [3.05, 3.63) is 22.6 Å². The number of hydrogen-bond donors (Lipinski definition) is 1. The van der Waals surface area contributed by atoms with Crippen LogP contribution in [0.4, 0.5) is 5.69 Å². The molecular formula is C10H14N2O3S2. The molecule has 0 fully saturated rings. The normalized spacial score (nSPS) is 11.2. The van der Waals surface area contributed by atoms with E-state index in [0.717, 1.165) is 16.0 Å². The quantitative estimate of drug-likeness (QED) is 0.885. The van der Waals surface area contributed by atoms with Gasteiger partial charge in [0.25, 0.3) is 0 Å². The standard InChI is InChI=1S/C10H14N2O3S2/c1-4-17(14,15)6-5-9(13)11-10-7(2)12-16-8(10)3/h4H,1,5-6H2,2-3H3,(H,11,13). The van der Waals surface area contributed by atoms with Crippen molar-refractivity contribution < 1.29 is 13.2 Å². The Bertz CT molecular complexity index is 512. The maximum atomic E-state index is 11.5. The molecule has 17 heavy (non-hydrogen) atoms. The third-order valence-corrected chi connectivity index (χ3v) is 4.29. The van der Waals surface area contributed by atoms with Gasteiger partial charge in [-0.2, -0.15) is 4.37 Å². The summed E-state index contributed by atoms with van der Waals surface area (Å²) >= 11 is 1.30. The van der Waals surface area contributed by atoms with Crippen LogP contribution in [0.2, 0.25) is 0 Å². The summed E-state index contributed by atoms with van der Waals surface area (Å²) in [4.78, 5) is 12.4. The van der Waals surface area contributed by atoms with Crippen molar-refractivity contribution >= 4 is 33.0 Å². The highest BCUT2D eigenvalue weighted by molar-refractivity contribution is 7.94.